The summed E-state index contributed by atoms with van der Waals surface area (Å²) in [4.78, 5) is 11.3. The van der Waals surface area contributed by atoms with E-state index in [1.165, 1.54) is 0 Å². The Kier molecular flexibility index (Phi) is 5.27. The van der Waals surface area contributed by atoms with Crippen molar-refractivity contribution in [2.45, 2.75) is 45.1 Å². The van der Waals surface area contributed by atoms with Gasteiger partial charge in [0.25, 0.3) is 0 Å². The molecule has 0 aliphatic heterocycles. The van der Waals surface area contributed by atoms with Gasteiger partial charge in [0.05, 0.1) is 18.7 Å². The van der Waals surface area contributed by atoms with Gasteiger partial charge in [0.1, 0.15) is 0 Å². The van der Waals surface area contributed by atoms with E-state index in [2.05, 4.69) is 6.07 Å². The summed E-state index contributed by atoms with van der Waals surface area (Å²) in [5, 5.41) is 8.72. The van der Waals surface area contributed by atoms with E-state index in [0.29, 0.717) is 24.9 Å². The smallest absolute Gasteiger partial charge is 0.306 e. The molecule has 16 heavy (non-hydrogen) atoms. The van der Waals surface area contributed by atoms with Gasteiger partial charge in [-0.15, -0.1) is 0 Å². The highest BCUT2D eigenvalue weighted by Crippen LogP contribution is 2.32. The van der Waals surface area contributed by atoms with Crippen LogP contribution in [0.25, 0.3) is 0 Å². The van der Waals surface area contributed by atoms with Crippen molar-refractivity contribution in [3.8, 4) is 6.07 Å². The second kappa shape index (κ2) is 6.49. The Morgan fingerprint density at radius 1 is 1.50 bits per heavy atom. The van der Waals surface area contributed by atoms with Gasteiger partial charge < -0.3 is 10.5 Å². The fourth-order valence-electron chi connectivity index (χ4n) is 2.31. The van der Waals surface area contributed by atoms with E-state index in [1.807, 2.05) is 6.92 Å². The maximum Gasteiger partial charge on any atom is 0.306 e. The van der Waals surface area contributed by atoms with Crippen LogP contribution < -0.4 is 5.73 Å². The molecule has 0 amide bonds. The molecule has 1 saturated carbocycles. The zero-order valence-corrected chi connectivity index (χ0v) is 9.82. The van der Waals surface area contributed by atoms with Crippen LogP contribution in [0, 0.1) is 23.2 Å². The molecule has 90 valence electrons. The van der Waals surface area contributed by atoms with Crippen molar-refractivity contribution in [2.24, 2.45) is 17.6 Å². The molecule has 0 radical (unpaired) electrons. The molecular formula is C12H20N2O2. The highest BCUT2D eigenvalue weighted by atomic mass is 16.5. The zero-order valence-electron chi connectivity index (χ0n) is 9.82. The minimum absolute atomic E-state index is 0.101. The Morgan fingerprint density at radius 3 is 2.62 bits per heavy atom. The largest absolute Gasteiger partial charge is 0.466 e. The molecule has 1 aliphatic carbocycles. The Labute approximate surface area is 96.8 Å². The average Bonchev–Trinajstić information content (AvgIpc) is 2.29. The van der Waals surface area contributed by atoms with Gasteiger partial charge >= 0.3 is 5.97 Å². The lowest BCUT2D eigenvalue weighted by molar-refractivity contribution is -0.144. The molecule has 0 aromatic carbocycles. The molecule has 1 rings (SSSR count). The van der Waals surface area contributed by atoms with E-state index >= 15 is 0 Å². The third-order valence-electron chi connectivity index (χ3n) is 3.31. The SMILES string of the molecule is CCOC(=O)CC1CCC([C@H](N)C#N)CC1. The van der Waals surface area contributed by atoms with Crippen LogP contribution in [0.2, 0.25) is 0 Å². The Bertz CT molecular complexity index is 265. The van der Waals surface area contributed by atoms with Gasteiger partial charge in [-0.05, 0) is 44.4 Å². The highest BCUT2D eigenvalue weighted by Gasteiger charge is 2.26. The van der Waals surface area contributed by atoms with Gasteiger partial charge in [-0.25, -0.2) is 0 Å². The molecule has 2 N–H and O–H groups in total. The summed E-state index contributed by atoms with van der Waals surface area (Å²) in [6.45, 7) is 2.27. The first-order valence-corrected chi connectivity index (χ1v) is 5.98. The van der Waals surface area contributed by atoms with Crippen LogP contribution >= 0.6 is 0 Å². The van der Waals surface area contributed by atoms with Crippen molar-refractivity contribution in [3.05, 3.63) is 0 Å². The number of carbonyl (C=O) groups is 1. The predicted molar refractivity (Wildman–Crippen MR) is 60.3 cm³/mol. The van der Waals surface area contributed by atoms with E-state index in [0.717, 1.165) is 25.7 Å². The summed E-state index contributed by atoms with van der Waals surface area (Å²) >= 11 is 0. The van der Waals surface area contributed by atoms with E-state index < -0.39 is 0 Å². The Morgan fingerprint density at radius 2 is 2.12 bits per heavy atom. The number of nitriles is 1. The van der Waals surface area contributed by atoms with Crippen molar-refractivity contribution in [2.75, 3.05) is 6.61 Å². The minimum atomic E-state index is -0.344. The van der Waals surface area contributed by atoms with E-state index in [-0.39, 0.29) is 12.0 Å². The quantitative estimate of drug-likeness (QED) is 0.736. The fraction of sp³-hybridized carbons (Fsp3) is 0.833. The van der Waals surface area contributed by atoms with Crippen molar-refractivity contribution >= 4 is 5.97 Å². The summed E-state index contributed by atoms with van der Waals surface area (Å²) in [5.74, 6) is 0.625. The third kappa shape index (κ3) is 3.82. The van der Waals surface area contributed by atoms with Gasteiger partial charge in [0, 0.05) is 6.42 Å². The second-order valence-electron chi connectivity index (χ2n) is 4.44. The first kappa shape index (κ1) is 13.0. The van der Waals surface area contributed by atoms with E-state index in [9.17, 15) is 4.79 Å². The number of nitrogens with zero attached hydrogens (tertiary/aromatic N) is 1. The van der Waals surface area contributed by atoms with Crippen molar-refractivity contribution < 1.29 is 9.53 Å². The molecule has 4 nitrogen and oxygen atoms in total. The van der Waals surface area contributed by atoms with Gasteiger partial charge in [0.2, 0.25) is 0 Å². The number of nitrogens with two attached hydrogens (primary N) is 1. The van der Waals surface area contributed by atoms with Crippen LogP contribution in [0.3, 0.4) is 0 Å². The predicted octanol–water partition coefficient (Wildman–Crippen LogP) is 1.60. The topological polar surface area (TPSA) is 76.1 Å². The van der Waals surface area contributed by atoms with Crippen LogP contribution in [0.15, 0.2) is 0 Å². The summed E-state index contributed by atoms with van der Waals surface area (Å²) in [5.41, 5.74) is 5.69. The van der Waals surface area contributed by atoms with Crippen molar-refractivity contribution in [1.82, 2.24) is 0 Å². The van der Waals surface area contributed by atoms with Crippen molar-refractivity contribution in [1.29, 1.82) is 5.26 Å². The molecule has 4 heteroatoms. The monoisotopic (exact) mass is 224 g/mol. The molecule has 1 aliphatic rings. The molecule has 0 spiro atoms. The van der Waals surface area contributed by atoms with Gasteiger partial charge in [-0.1, -0.05) is 0 Å². The molecule has 0 aromatic heterocycles. The van der Waals surface area contributed by atoms with Crippen molar-refractivity contribution in [3.63, 3.8) is 0 Å². The van der Waals surface area contributed by atoms with E-state index in [4.69, 9.17) is 15.7 Å². The lowest BCUT2D eigenvalue weighted by Gasteiger charge is -2.28. The lowest BCUT2D eigenvalue weighted by atomic mass is 9.78. The number of hydrogen-bond acceptors (Lipinski definition) is 4. The summed E-state index contributed by atoms with van der Waals surface area (Å²) in [6.07, 6.45) is 4.40. The number of rotatable bonds is 4. The molecule has 0 saturated heterocycles. The summed E-state index contributed by atoms with van der Waals surface area (Å²) < 4.78 is 4.92. The van der Waals surface area contributed by atoms with Crippen LogP contribution in [-0.2, 0) is 9.53 Å². The zero-order chi connectivity index (χ0) is 12.0. The van der Waals surface area contributed by atoms with Crippen LogP contribution in [-0.4, -0.2) is 18.6 Å². The molecule has 0 heterocycles. The lowest BCUT2D eigenvalue weighted by Crippen LogP contribution is -2.32. The highest BCUT2D eigenvalue weighted by molar-refractivity contribution is 5.69. The Hall–Kier alpha value is -1.08. The third-order valence-corrected chi connectivity index (χ3v) is 3.31. The normalized spacial score (nSPS) is 26.8. The standard InChI is InChI=1S/C12H20N2O2/c1-2-16-12(15)7-9-3-5-10(6-4-9)11(14)8-13/h9-11H,2-7,14H2,1H3/t9?,10?,11-/m1/s1. The first-order valence-electron chi connectivity index (χ1n) is 5.98. The first-order chi connectivity index (χ1) is 7.67. The van der Waals surface area contributed by atoms with Crippen LogP contribution in [0.5, 0.6) is 0 Å². The summed E-state index contributed by atoms with van der Waals surface area (Å²) in [7, 11) is 0. The number of hydrogen-bond donors (Lipinski definition) is 1. The molecule has 0 bridgehead atoms. The summed E-state index contributed by atoms with van der Waals surface area (Å²) in [6, 6.07) is 1.75. The second-order valence-corrected chi connectivity index (χ2v) is 4.44. The van der Waals surface area contributed by atoms with Crippen LogP contribution in [0.4, 0.5) is 0 Å². The van der Waals surface area contributed by atoms with Gasteiger partial charge in [-0.3, -0.25) is 4.79 Å². The van der Waals surface area contributed by atoms with Crippen LogP contribution in [0.1, 0.15) is 39.0 Å². The molecule has 1 atom stereocenters. The maximum absolute atomic E-state index is 11.3. The number of carbonyl (C=O) groups excluding carboxylic acids is 1. The fourth-order valence-corrected chi connectivity index (χ4v) is 2.31. The average molecular weight is 224 g/mol. The molecule has 0 aromatic rings. The minimum Gasteiger partial charge on any atom is -0.466 e. The van der Waals surface area contributed by atoms with Gasteiger partial charge in [-0.2, -0.15) is 5.26 Å². The van der Waals surface area contributed by atoms with Gasteiger partial charge in [0.15, 0.2) is 0 Å². The number of ether oxygens (including phenoxy) is 1. The Balaban J connectivity index is 2.27. The number of esters is 1. The molecule has 0 unspecified atom stereocenters. The molecular weight excluding hydrogens is 204 g/mol. The molecule has 1 fully saturated rings. The van der Waals surface area contributed by atoms with E-state index in [1.54, 1.807) is 0 Å². The maximum atomic E-state index is 11.3.